The third-order valence-corrected chi connectivity index (χ3v) is 7.21. The van der Waals surface area contributed by atoms with E-state index in [1.807, 2.05) is 18.2 Å². The molecule has 22 heavy (non-hydrogen) atoms. The number of hydrogen-bond acceptors (Lipinski definition) is 6. The molecule has 1 aromatic carbocycles. The number of rotatable bonds is 5. The maximum absolute atomic E-state index is 12.0. The van der Waals surface area contributed by atoms with E-state index in [1.165, 1.54) is 15.6 Å². The molecule has 2 fully saturated rings. The Hall–Kier alpha value is -1.38. The molecule has 6 nitrogen and oxygen atoms in total. The van der Waals surface area contributed by atoms with Gasteiger partial charge in [-0.2, -0.15) is 9.29 Å². The van der Waals surface area contributed by atoms with Gasteiger partial charge in [0.25, 0.3) is 5.19 Å². The van der Waals surface area contributed by atoms with Gasteiger partial charge in [0.05, 0.1) is 30.1 Å². The van der Waals surface area contributed by atoms with E-state index in [9.17, 15) is 8.42 Å². The first kappa shape index (κ1) is 14.2. The summed E-state index contributed by atoms with van der Waals surface area (Å²) in [5.41, 5.74) is 0.784. The van der Waals surface area contributed by atoms with Crippen molar-refractivity contribution in [2.45, 2.75) is 24.2 Å². The van der Waals surface area contributed by atoms with Crippen molar-refractivity contribution in [3.8, 4) is 10.9 Å². The Balaban J connectivity index is 1.45. The third kappa shape index (κ3) is 2.35. The van der Waals surface area contributed by atoms with E-state index in [0.29, 0.717) is 18.3 Å². The smallest absolute Gasteiger partial charge is 0.274 e. The van der Waals surface area contributed by atoms with Crippen LogP contribution in [-0.2, 0) is 10.0 Å². The predicted molar refractivity (Wildman–Crippen MR) is 84.1 cm³/mol. The van der Waals surface area contributed by atoms with Crippen LogP contribution in [-0.4, -0.2) is 49.3 Å². The van der Waals surface area contributed by atoms with Crippen LogP contribution in [0.2, 0.25) is 0 Å². The topological polar surface area (TPSA) is 68.7 Å². The number of nitrogens with zero attached hydrogens (tertiary/aromatic N) is 2. The molecule has 1 aliphatic heterocycles. The minimum atomic E-state index is -3.07. The molecule has 0 unspecified atom stereocenters. The summed E-state index contributed by atoms with van der Waals surface area (Å²) in [6.07, 6.45) is 1.48. The second-order valence-corrected chi connectivity index (χ2v) is 8.79. The summed E-state index contributed by atoms with van der Waals surface area (Å²) >= 11 is 1.45. The van der Waals surface area contributed by atoms with Crippen LogP contribution in [0.4, 0.5) is 0 Å². The summed E-state index contributed by atoms with van der Waals surface area (Å²) in [5, 5.41) is 0.410. The fraction of sp³-hybridized carbons (Fsp3) is 0.500. The number of ether oxygens (including phenoxy) is 2. The summed E-state index contributed by atoms with van der Waals surface area (Å²) in [5.74, 6) is 0.718. The van der Waals surface area contributed by atoms with Gasteiger partial charge in [0.15, 0.2) is 0 Å². The SMILES string of the molecule is COc1cccc2sc(OC3CN(S(=O)(=O)C4CC4)C3)nc12. The Morgan fingerprint density at radius 3 is 2.77 bits per heavy atom. The first-order valence-corrected chi connectivity index (χ1v) is 9.49. The van der Waals surface area contributed by atoms with Crippen molar-refractivity contribution in [3.05, 3.63) is 18.2 Å². The van der Waals surface area contributed by atoms with Crippen LogP contribution >= 0.6 is 11.3 Å². The molecule has 4 rings (SSSR count). The maximum atomic E-state index is 12.0. The molecule has 2 heterocycles. The zero-order valence-corrected chi connectivity index (χ0v) is 13.7. The zero-order valence-electron chi connectivity index (χ0n) is 12.1. The number of methoxy groups -OCH3 is 1. The molecule has 0 atom stereocenters. The second-order valence-electron chi connectivity index (χ2n) is 5.59. The number of benzene rings is 1. The van der Waals surface area contributed by atoms with E-state index in [4.69, 9.17) is 9.47 Å². The van der Waals surface area contributed by atoms with Gasteiger partial charge in [-0.1, -0.05) is 17.4 Å². The minimum absolute atomic E-state index is 0.111. The Labute approximate surface area is 132 Å². The summed E-state index contributed by atoms with van der Waals surface area (Å²) in [7, 11) is -1.46. The third-order valence-electron chi connectivity index (χ3n) is 3.97. The highest BCUT2D eigenvalue weighted by Crippen LogP contribution is 2.36. The van der Waals surface area contributed by atoms with Gasteiger partial charge in [0.2, 0.25) is 10.0 Å². The monoisotopic (exact) mass is 340 g/mol. The van der Waals surface area contributed by atoms with Gasteiger partial charge in [0, 0.05) is 0 Å². The highest BCUT2D eigenvalue weighted by atomic mass is 32.2. The van der Waals surface area contributed by atoms with E-state index in [0.717, 1.165) is 28.8 Å². The molecule has 0 N–H and O–H groups in total. The molecule has 118 valence electrons. The second kappa shape index (κ2) is 5.07. The fourth-order valence-corrected chi connectivity index (χ4v) is 5.32. The molecule has 0 amide bonds. The number of fused-ring (bicyclic) bond motifs is 1. The summed E-state index contributed by atoms with van der Waals surface area (Å²) in [6.45, 7) is 0.845. The molecular formula is C14H16N2O4S2. The van der Waals surface area contributed by atoms with Crippen LogP contribution in [0, 0.1) is 0 Å². The van der Waals surface area contributed by atoms with Crippen LogP contribution in [0.15, 0.2) is 18.2 Å². The molecule has 8 heteroatoms. The zero-order chi connectivity index (χ0) is 15.3. The first-order chi connectivity index (χ1) is 10.6. The standard InChI is InChI=1S/C14H16N2O4S2/c1-19-11-3-2-4-12-13(11)15-14(21-12)20-9-7-16(8-9)22(17,18)10-5-6-10/h2-4,9-10H,5-8H2,1H3. The van der Waals surface area contributed by atoms with Crippen LogP contribution in [0.25, 0.3) is 10.2 Å². The average Bonchev–Trinajstić information content (AvgIpc) is 3.22. The Morgan fingerprint density at radius 1 is 1.32 bits per heavy atom. The Kier molecular flexibility index (Phi) is 3.28. The molecule has 1 aliphatic carbocycles. The van der Waals surface area contributed by atoms with Crippen molar-refractivity contribution >= 4 is 31.6 Å². The molecule has 0 radical (unpaired) electrons. The highest BCUT2D eigenvalue weighted by Gasteiger charge is 2.46. The maximum Gasteiger partial charge on any atom is 0.274 e. The van der Waals surface area contributed by atoms with Crippen molar-refractivity contribution in [3.63, 3.8) is 0 Å². The Morgan fingerprint density at radius 2 is 2.09 bits per heavy atom. The van der Waals surface area contributed by atoms with E-state index < -0.39 is 10.0 Å². The number of para-hydroxylation sites is 1. The van der Waals surface area contributed by atoms with E-state index in [2.05, 4.69) is 4.98 Å². The van der Waals surface area contributed by atoms with Gasteiger partial charge in [-0.15, -0.1) is 0 Å². The average molecular weight is 340 g/mol. The Bertz CT molecular complexity index is 807. The predicted octanol–water partition coefficient (Wildman–Crippen LogP) is 1.86. The lowest BCUT2D eigenvalue weighted by Crippen LogP contribution is -2.56. The molecule has 0 bridgehead atoms. The number of sulfonamides is 1. The van der Waals surface area contributed by atoms with Crippen molar-refractivity contribution in [2.24, 2.45) is 0 Å². The van der Waals surface area contributed by atoms with Crippen LogP contribution in [0.1, 0.15) is 12.8 Å². The number of hydrogen-bond donors (Lipinski definition) is 0. The van der Waals surface area contributed by atoms with Crippen LogP contribution in [0.3, 0.4) is 0 Å². The van der Waals surface area contributed by atoms with Crippen LogP contribution in [0.5, 0.6) is 10.9 Å². The van der Waals surface area contributed by atoms with Gasteiger partial charge in [0.1, 0.15) is 17.4 Å². The normalized spacial score (nSPS) is 20.0. The highest BCUT2D eigenvalue weighted by molar-refractivity contribution is 7.90. The molecule has 1 aromatic heterocycles. The van der Waals surface area contributed by atoms with Crippen molar-refractivity contribution in [2.75, 3.05) is 20.2 Å². The summed E-state index contributed by atoms with van der Waals surface area (Å²) < 4.78 is 37.7. The van der Waals surface area contributed by atoms with E-state index in [-0.39, 0.29) is 11.4 Å². The van der Waals surface area contributed by atoms with Gasteiger partial charge in [-0.25, -0.2) is 8.42 Å². The lowest BCUT2D eigenvalue weighted by Gasteiger charge is -2.37. The van der Waals surface area contributed by atoms with E-state index >= 15 is 0 Å². The van der Waals surface area contributed by atoms with Crippen molar-refractivity contribution in [1.29, 1.82) is 0 Å². The van der Waals surface area contributed by atoms with E-state index in [1.54, 1.807) is 7.11 Å². The fourth-order valence-electron chi connectivity index (χ4n) is 2.52. The molecule has 2 aliphatic rings. The van der Waals surface area contributed by atoms with Gasteiger partial charge in [-0.3, -0.25) is 0 Å². The molecule has 1 saturated heterocycles. The first-order valence-electron chi connectivity index (χ1n) is 7.17. The van der Waals surface area contributed by atoms with Crippen molar-refractivity contribution in [1.82, 2.24) is 9.29 Å². The molecule has 1 saturated carbocycles. The van der Waals surface area contributed by atoms with Gasteiger partial charge in [-0.05, 0) is 25.0 Å². The quantitative estimate of drug-likeness (QED) is 0.831. The lowest BCUT2D eigenvalue weighted by atomic mass is 10.2. The van der Waals surface area contributed by atoms with Crippen molar-refractivity contribution < 1.29 is 17.9 Å². The molecule has 2 aromatic rings. The number of aromatic nitrogens is 1. The molecular weight excluding hydrogens is 324 g/mol. The summed E-state index contributed by atoms with van der Waals surface area (Å²) in [4.78, 5) is 4.44. The number of thiazole rings is 1. The summed E-state index contributed by atoms with van der Waals surface area (Å²) in [6, 6.07) is 5.74. The largest absolute Gasteiger partial charge is 0.494 e. The van der Waals surface area contributed by atoms with Gasteiger partial charge < -0.3 is 9.47 Å². The molecule has 0 spiro atoms. The van der Waals surface area contributed by atoms with Crippen LogP contribution < -0.4 is 9.47 Å². The minimum Gasteiger partial charge on any atom is -0.494 e. The van der Waals surface area contributed by atoms with Gasteiger partial charge >= 0.3 is 0 Å². The lowest BCUT2D eigenvalue weighted by molar-refractivity contribution is 0.0760.